The molecular weight excluding hydrogens is 272 g/mol. The van der Waals surface area contributed by atoms with Gasteiger partial charge in [0.15, 0.2) is 0 Å². The molecule has 0 saturated carbocycles. The Balaban J connectivity index is 2.00. The first-order valence-electron chi connectivity index (χ1n) is 6.73. The molecule has 0 saturated heterocycles. The molecule has 0 aliphatic rings. The molecule has 7 nitrogen and oxygen atoms in total. The number of rotatable bonds is 5. The number of hydrogen-bond donors (Lipinski definition) is 3. The summed E-state index contributed by atoms with van der Waals surface area (Å²) in [6.45, 7) is 3.54. The van der Waals surface area contributed by atoms with Crippen LogP contribution in [-0.2, 0) is 6.42 Å². The van der Waals surface area contributed by atoms with Crippen molar-refractivity contribution in [3.63, 3.8) is 0 Å². The van der Waals surface area contributed by atoms with Gasteiger partial charge in [0, 0.05) is 17.7 Å². The van der Waals surface area contributed by atoms with Crippen LogP contribution in [0, 0.1) is 0 Å². The van der Waals surface area contributed by atoms with Crippen molar-refractivity contribution in [3.05, 3.63) is 30.2 Å². The molecule has 2 aromatic rings. The second kappa shape index (κ2) is 6.85. The lowest BCUT2D eigenvalue weighted by atomic mass is 10.2. The number of benzene rings is 1. The van der Waals surface area contributed by atoms with Gasteiger partial charge in [-0.2, -0.15) is 0 Å². The average Bonchev–Trinajstić information content (AvgIpc) is 2.96. The molecule has 2 amide bonds. The summed E-state index contributed by atoms with van der Waals surface area (Å²) in [4.78, 5) is 11.6. The van der Waals surface area contributed by atoms with E-state index in [4.69, 9.17) is 9.52 Å². The molecule has 21 heavy (non-hydrogen) atoms. The maximum Gasteiger partial charge on any atom is 0.319 e. The van der Waals surface area contributed by atoms with Gasteiger partial charge in [-0.1, -0.05) is 6.92 Å². The van der Waals surface area contributed by atoms with Crippen LogP contribution in [-0.4, -0.2) is 34.0 Å². The van der Waals surface area contributed by atoms with E-state index in [-0.39, 0.29) is 18.7 Å². The van der Waals surface area contributed by atoms with Gasteiger partial charge in [-0.25, -0.2) is 4.79 Å². The topological polar surface area (TPSA) is 100 Å². The number of aliphatic hydroxyl groups excluding tert-OH is 1. The molecule has 3 N–H and O–H groups in total. The van der Waals surface area contributed by atoms with Crippen molar-refractivity contribution in [1.82, 2.24) is 15.5 Å². The third-order valence-electron chi connectivity index (χ3n) is 2.81. The second-order valence-electron chi connectivity index (χ2n) is 4.61. The van der Waals surface area contributed by atoms with E-state index in [1.165, 1.54) is 0 Å². The fourth-order valence-corrected chi connectivity index (χ4v) is 1.65. The summed E-state index contributed by atoms with van der Waals surface area (Å²) in [6.07, 6.45) is 0.690. The van der Waals surface area contributed by atoms with Gasteiger partial charge in [0.05, 0.1) is 12.6 Å². The van der Waals surface area contributed by atoms with E-state index in [0.29, 0.717) is 23.9 Å². The number of urea groups is 1. The van der Waals surface area contributed by atoms with E-state index in [2.05, 4.69) is 20.8 Å². The van der Waals surface area contributed by atoms with E-state index in [1.807, 2.05) is 6.92 Å². The van der Waals surface area contributed by atoms with Crippen molar-refractivity contribution >= 4 is 11.7 Å². The quantitative estimate of drug-likeness (QED) is 0.779. The first kappa shape index (κ1) is 15.0. The van der Waals surface area contributed by atoms with Crippen LogP contribution in [0.1, 0.15) is 19.7 Å². The molecule has 2 rings (SSSR count). The minimum atomic E-state index is -0.365. The molecule has 1 aromatic carbocycles. The van der Waals surface area contributed by atoms with Crippen molar-refractivity contribution in [1.29, 1.82) is 0 Å². The monoisotopic (exact) mass is 290 g/mol. The molecule has 112 valence electrons. The zero-order valence-electron chi connectivity index (χ0n) is 12.0. The number of hydrogen-bond acceptors (Lipinski definition) is 5. The van der Waals surface area contributed by atoms with Crippen LogP contribution in [0.15, 0.2) is 28.7 Å². The number of aryl methyl sites for hydroxylation is 1. The lowest BCUT2D eigenvalue weighted by Crippen LogP contribution is -2.38. The molecule has 7 heteroatoms. The van der Waals surface area contributed by atoms with Crippen LogP contribution in [0.4, 0.5) is 10.5 Å². The number of carbonyl (C=O) groups excluding carboxylic acids is 1. The maximum atomic E-state index is 11.6. The van der Waals surface area contributed by atoms with E-state index in [0.717, 1.165) is 5.56 Å². The summed E-state index contributed by atoms with van der Waals surface area (Å²) < 4.78 is 5.46. The van der Waals surface area contributed by atoms with Crippen LogP contribution < -0.4 is 10.6 Å². The zero-order chi connectivity index (χ0) is 15.2. The van der Waals surface area contributed by atoms with Crippen molar-refractivity contribution < 1.29 is 14.3 Å². The van der Waals surface area contributed by atoms with Gasteiger partial charge in [-0.05, 0) is 31.2 Å². The minimum absolute atomic E-state index is 0.108. The summed E-state index contributed by atoms with van der Waals surface area (Å²) >= 11 is 0. The van der Waals surface area contributed by atoms with E-state index >= 15 is 0 Å². The Morgan fingerprint density at radius 1 is 1.33 bits per heavy atom. The molecule has 0 fully saturated rings. The van der Waals surface area contributed by atoms with Crippen LogP contribution >= 0.6 is 0 Å². The van der Waals surface area contributed by atoms with Gasteiger partial charge in [-0.3, -0.25) is 0 Å². The van der Waals surface area contributed by atoms with E-state index in [9.17, 15) is 4.79 Å². The number of nitrogens with zero attached hydrogens (tertiary/aromatic N) is 2. The van der Waals surface area contributed by atoms with Gasteiger partial charge in [0.25, 0.3) is 0 Å². The summed E-state index contributed by atoms with van der Waals surface area (Å²) in [7, 11) is 0. The molecule has 0 bridgehead atoms. The largest absolute Gasteiger partial charge is 0.421 e. The fourth-order valence-electron chi connectivity index (χ4n) is 1.65. The molecular formula is C14H18N4O3. The third kappa shape index (κ3) is 4.03. The van der Waals surface area contributed by atoms with Gasteiger partial charge < -0.3 is 20.2 Å². The molecule has 0 radical (unpaired) electrons. The molecule has 1 aromatic heterocycles. The zero-order valence-corrected chi connectivity index (χ0v) is 12.0. The average molecular weight is 290 g/mol. The van der Waals surface area contributed by atoms with Gasteiger partial charge in [0.2, 0.25) is 11.8 Å². The Morgan fingerprint density at radius 3 is 2.62 bits per heavy atom. The van der Waals surface area contributed by atoms with Crippen LogP contribution in [0.25, 0.3) is 11.5 Å². The molecule has 1 atom stereocenters. The second-order valence-corrected chi connectivity index (χ2v) is 4.61. The number of anilines is 1. The lowest BCUT2D eigenvalue weighted by Gasteiger charge is -2.11. The summed E-state index contributed by atoms with van der Waals surface area (Å²) in [5, 5.41) is 22.0. The van der Waals surface area contributed by atoms with Crippen molar-refractivity contribution in [2.24, 2.45) is 0 Å². The minimum Gasteiger partial charge on any atom is -0.421 e. The fraction of sp³-hybridized carbons (Fsp3) is 0.357. The predicted molar refractivity (Wildman–Crippen MR) is 77.8 cm³/mol. The smallest absolute Gasteiger partial charge is 0.319 e. The highest BCUT2D eigenvalue weighted by molar-refractivity contribution is 5.89. The van der Waals surface area contributed by atoms with Gasteiger partial charge in [0.1, 0.15) is 0 Å². The first-order valence-corrected chi connectivity index (χ1v) is 6.73. The number of amides is 2. The first-order chi connectivity index (χ1) is 10.1. The number of aliphatic hydroxyl groups is 1. The predicted octanol–water partition coefficient (Wildman–Crippen LogP) is 1.80. The summed E-state index contributed by atoms with van der Waals surface area (Å²) in [5.74, 6) is 1.04. The molecule has 1 unspecified atom stereocenters. The molecule has 1 heterocycles. The Kier molecular flexibility index (Phi) is 4.89. The van der Waals surface area contributed by atoms with Crippen LogP contribution in [0.5, 0.6) is 0 Å². The normalized spacial score (nSPS) is 12.0. The Labute approximate surface area is 122 Å². The van der Waals surface area contributed by atoms with Crippen molar-refractivity contribution in [3.8, 4) is 11.5 Å². The molecule has 0 aliphatic heterocycles. The third-order valence-corrected chi connectivity index (χ3v) is 2.81. The number of nitrogens with one attached hydrogen (secondary N) is 2. The summed E-state index contributed by atoms with van der Waals surface area (Å²) in [6, 6.07) is 6.41. The SMILES string of the molecule is CCc1nnc(-c2ccc(NC(=O)NC(C)CO)cc2)o1. The van der Waals surface area contributed by atoms with Gasteiger partial charge >= 0.3 is 6.03 Å². The summed E-state index contributed by atoms with van der Waals surface area (Å²) in [5.41, 5.74) is 1.42. The van der Waals surface area contributed by atoms with Gasteiger partial charge in [-0.15, -0.1) is 10.2 Å². The van der Waals surface area contributed by atoms with Crippen LogP contribution in [0.2, 0.25) is 0 Å². The Hall–Kier alpha value is -2.41. The lowest BCUT2D eigenvalue weighted by molar-refractivity contribution is 0.229. The van der Waals surface area contributed by atoms with E-state index < -0.39 is 0 Å². The van der Waals surface area contributed by atoms with E-state index in [1.54, 1.807) is 31.2 Å². The van der Waals surface area contributed by atoms with Crippen LogP contribution in [0.3, 0.4) is 0 Å². The molecule has 0 aliphatic carbocycles. The van der Waals surface area contributed by atoms with Crippen molar-refractivity contribution in [2.45, 2.75) is 26.3 Å². The highest BCUT2D eigenvalue weighted by Gasteiger charge is 2.09. The highest BCUT2D eigenvalue weighted by atomic mass is 16.4. The molecule has 0 spiro atoms. The number of carbonyl (C=O) groups is 1. The Morgan fingerprint density at radius 2 is 2.05 bits per heavy atom. The maximum absolute atomic E-state index is 11.6. The Bertz CT molecular complexity index is 595. The van der Waals surface area contributed by atoms with Crippen molar-refractivity contribution in [2.75, 3.05) is 11.9 Å². The standard InChI is InChI=1S/C14H18N4O3/c1-3-12-17-18-13(21-12)10-4-6-11(7-5-10)16-14(20)15-9(2)8-19/h4-7,9,19H,3,8H2,1-2H3,(H2,15,16,20). The highest BCUT2D eigenvalue weighted by Crippen LogP contribution is 2.20. The number of aromatic nitrogens is 2.